The summed E-state index contributed by atoms with van der Waals surface area (Å²) in [7, 11) is -8.41. The Morgan fingerprint density at radius 2 is 1.54 bits per heavy atom. The van der Waals surface area contributed by atoms with Crippen LogP contribution >= 0.6 is 0 Å². The quantitative estimate of drug-likeness (QED) is 0.0326. The minimum absolute atomic E-state index is 0.00466. The number of rotatable bonds is 19. The highest BCUT2D eigenvalue weighted by molar-refractivity contribution is 7.86. The van der Waals surface area contributed by atoms with Crippen LogP contribution in [0.3, 0.4) is 0 Å². The van der Waals surface area contributed by atoms with E-state index >= 15 is 4.39 Å². The third kappa shape index (κ3) is 11.6. The second-order valence-electron chi connectivity index (χ2n) is 14.6. The van der Waals surface area contributed by atoms with Crippen LogP contribution in [0.25, 0.3) is 17.0 Å². The van der Waals surface area contributed by atoms with Gasteiger partial charge in [-0.25, -0.2) is 9.18 Å². The summed E-state index contributed by atoms with van der Waals surface area (Å²) in [6.07, 6.45) is 3.70. The Bertz CT molecular complexity index is 2430. The summed E-state index contributed by atoms with van der Waals surface area (Å²) >= 11 is 0. The Labute approximate surface area is 339 Å². The second kappa shape index (κ2) is 18.5. The van der Waals surface area contributed by atoms with Crippen molar-refractivity contribution in [2.75, 3.05) is 23.0 Å². The largest absolute Gasteiger partial charge is 0.492 e. The van der Waals surface area contributed by atoms with Crippen molar-refractivity contribution < 1.29 is 67.9 Å². The number of aromatic nitrogens is 2. The molecule has 1 unspecified atom stereocenters. The predicted molar refractivity (Wildman–Crippen MR) is 211 cm³/mol. The molecular formula is C40H46F4N3O10S2+. The van der Waals surface area contributed by atoms with Crippen molar-refractivity contribution >= 4 is 48.9 Å². The molecule has 0 aliphatic carbocycles. The van der Waals surface area contributed by atoms with Gasteiger partial charge in [0.2, 0.25) is 17.3 Å². The number of alkyl halides is 3. The van der Waals surface area contributed by atoms with E-state index in [1.807, 2.05) is 41.1 Å². The third-order valence-electron chi connectivity index (χ3n) is 10.2. The summed E-state index contributed by atoms with van der Waals surface area (Å²) in [5, 5.41) is 20.3. The number of pyridine rings is 1. The highest BCUT2D eigenvalue weighted by atomic mass is 32.2. The number of aryl methyl sites for hydroxylation is 1. The molecule has 2 aromatic heterocycles. The van der Waals surface area contributed by atoms with Crippen molar-refractivity contribution in [1.29, 1.82) is 0 Å². The lowest BCUT2D eigenvalue weighted by molar-refractivity contribution is -0.671. The SMILES string of the molecule is CC1(CCCCCC(=O)On2c(O)ccc2O)C(=CC=Cc2cc[n+](CCCCS(=O)(=O)O)c3ccccc23)N(CCCCS(=O)(=O)O)c2cc(F)cc(C(F)(F)F)c21. The number of aromatic hydroxyl groups is 2. The van der Waals surface area contributed by atoms with Crippen LogP contribution in [0.4, 0.5) is 23.2 Å². The molecule has 4 aromatic rings. The number of halogens is 4. The second-order valence-corrected chi connectivity index (χ2v) is 17.7. The molecule has 0 saturated heterocycles. The molecule has 1 aliphatic heterocycles. The summed E-state index contributed by atoms with van der Waals surface area (Å²) < 4.78 is 126. The Morgan fingerprint density at radius 1 is 0.881 bits per heavy atom. The zero-order valence-electron chi connectivity index (χ0n) is 32.1. The van der Waals surface area contributed by atoms with Crippen LogP contribution in [-0.4, -0.2) is 64.9 Å². The van der Waals surface area contributed by atoms with Crippen molar-refractivity contribution in [2.45, 2.75) is 82.8 Å². The third-order valence-corrected chi connectivity index (χ3v) is 11.8. The Balaban J connectivity index is 1.47. The van der Waals surface area contributed by atoms with Crippen LogP contribution in [0.1, 0.15) is 81.4 Å². The van der Waals surface area contributed by atoms with E-state index in [0.29, 0.717) is 42.3 Å². The molecule has 5 rings (SSSR count). The Morgan fingerprint density at radius 3 is 2.20 bits per heavy atom. The molecule has 320 valence electrons. The van der Waals surface area contributed by atoms with Gasteiger partial charge in [-0.05, 0) is 74.4 Å². The number of carbonyl (C=O) groups excluding carboxylic acids is 1. The molecule has 2 aromatic carbocycles. The number of para-hydroxylation sites is 1. The van der Waals surface area contributed by atoms with Crippen LogP contribution < -0.4 is 14.3 Å². The van der Waals surface area contributed by atoms with Gasteiger partial charge in [-0.3, -0.25) is 9.11 Å². The number of carbonyl (C=O) groups is 1. The number of allylic oxidation sites excluding steroid dienone is 3. The topological polar surface area (TPSA) is 188 Å². The Hall–Kier alpha value is -4.98. The van der Waals surface area contributed by atoms with E-state index in [-0.39, 0.29) is 62.1 Å². The molecule has 1 atom stereocenters. The smallest absolute Gasteiger partial charge is 0.416 e. The summed E-state index contributed by atoms with van der Waals surface area (Å²) in [6.45, 7) is 2.09. The van der Waals surface area contributed by atoms with Crippen LogP contribution in [0.15, 0.2) is 78.6 Å². The van der Waals surface area contributed by atoms with Crippen molar-refractivity contribution in [3.63, 3.8) is 0 Å². The number of nitrogens with zero attached hydrogens (tertiary/aromatic N) is 3. The molecule has 0 amide bonds. The molecule has 0 saturated carbocycles. The molecule has 59 heavy (non-hydrogen) atoms. The highest BCUT2D eigenvalue weighted by Crippen LogP contribution is 2.55. The number of hydrogen-bond acceptors (Lipinski definition) is 9. The highest BCUT2D eigenvalue weighted by Gasteiger charge is 2.49. The van der Waals surface area contributed by atoms with E-state index in [9.17, 15) is 49.6 Å². The van der Waals surface area contributed by atoms with Crippen LogP contribution in [0, 0.1) is 5.82 Å². The predicted octanol–water partition coefficient (Wildman–Crippen LogP) is 7.11. The van der Waals surface area contributed by atoms with Crippen LogP contribution in [0.2, 0.25) is 0 Å². The summed E-state index contributed by atoms with van der Waals surface area (Å²) in [5.41, 5.74) is -0.744. The van der Waals surface area contributed by atoms with Gasteiger partial charge in [-0.2, -0.15) is 34.6 Å². The number of unbranched alkanes of at least 4 members (excludes halogenated alkanes) is 4. The molecule has 3 heterocycles. The number of anilines is 1. The fourth-order valence-electron chi connectivity index (χ4n) is 7.51. The zero-order valence-corrected chi connectivity index (χ0v) is 33.7. The first-order valence-electron chi connectivity index (χ1n) is 18.9. The van der Waals surface area contributed by atoms with Gasteiger partial charge in [-0.1, -0.05) is 37.1 Å². The van der Waals surface area contributed by atoms with E-state index in [2.05, 4.69) is 0 Å². The van der Waals surface area contributed by atoms with E-state index in [1.165, 1.54) is 0 Å². The summed E-state index contributed by atoms with van der Waals surface area (Å²) in [5.74, 6) is -3.80. The van der Waals surface area contributed by atoms with Gasteiger partial charge in [0.15, 0.2) is 6.20 Å². The number of hydrogen-bond donors (Lipinski definition) is 4. The Kier molecular flexibility index (Phi) is 14.2. The van der Waals surface area contributed by atoms with Crippen LogP contribution in [0.5, 0.6) is 11.8 Å². The standard InChI is InChI=1S/C40H45F4N3O10S2/c1-39(20-6-2-3-16-37(50)57-47-35(48)17-18-36(47)49)34(46(22-8-10-25-59(54,55)56)33-27-29(41)26-31(38(33)39)40(42,43)44)15-11-12-28-19-23-45(21-7-9-24-58(51,52)53)32-14-5-4-13-30(28)32/h4-5,11-15,17-19,23,26-27H,2-3,6-10,16,20-22,24-25H2,1H3,(H3-,48,49,51,52,53,54,55,56)/p+1. The fraction of sp³-hybridized carbons (Fsp3) is 0.400. The fourth-order valence-corrected chi connectivity index (χ4v) is 8.65. The van der Waals surface area contributed by atoms with E-state index in [4.69, 9.17) is 9.39 Å². The number of fused-ring (bicyclic) bond motifs is 2. The molecule has 0 radical (unpaired) electrons. The van der Waals surface area contributed by atoms with Crippen molar-refractivity contribution in [1.82, 2.24) is 4.73 Å². The zero-order chi connectivity index (χ0) is 43.2. The molecular weight excluding hydrogens is 823 g/mol. The monoisotopic (exact) mass is 868 g/mol. The molecule has 0 fully saturated rings. The van der Waals surface area contributed by atoms with Gasteiger partial charge in [0.1, 0.15) is 12.4 Å². The van der Waals surface area contributed by atoms with Gasteiger partial charge in [-0.15, -0.1) is 4.73 Å². The lowest BCUT2D eigenvalue weighted by Crippen LogP contribution is -2.34. The first-order valence-corrected chi connectivity index (χ1v) is 22.1. The summed E-state index contributed by atoms with van der Waals surface area (Å²) in [6, 6.07) is 13.0. The maximum absolute atomic E-state index is 15.1. The molecule has 19 heteroatoms. The van der Waals surface area contributed by atoms with Gasteiger partial charge in [0, 0.05) is 60.5 Å². The van der Waals surface area contributed by atoms with Crippen molar-refractivity contribution in [2.24, 2.45) is 0 Å². The van der Waals surface area contributed by atoms with Crippen molar-refractivity contribution in [3.05, 3.63) is 101 Å². The first-order chi connectivity index (χ1) is 27.7. The lowest BCUT2D eigenvalue weighted by Gasteiger charge is -2.31. The van der Waals surface area contributed by atoms with Crippen molar-refractivity contribution in [3.8, 4) is 11.8 Å². The van der Waals surface area contributed by atoms with Gasteiger partial charge in [0.05, 0.1) is 22.5 Å². The normalized spacial score (nSPS) is 16.7. The van der Waals surface area contributed by atoms with E-state index in [0.717, 1.165) is 34.7 Å². The molecule has 13 nitrogen and oxygen atoms in total. The molecule has 0 spiro atoms. The van der Waals surface area contributed by atoms with Gasteiger partial charge >= 0.3 is 12.1 Å². The first kappa shape index (κ1) is 45.1. The lowest BCUT2D eigenvalue weighted by atomic mass is 9.75. The number of benzene rings is 2. The van der Waals surface area contributed by atoms with E-state index < -0.39 is 66.7 Å². The maximum Gasteiger partial charge on any atom is 0.416 e. The summed E-state index contributed by atoms with van der Waals surface area (Å²) in [4.78, 5) is 19.0. The van der Waals surface area contributed by atoms with Gasteiger partial charge in [0.25, 0.3) is 20.2 Å². The van der Waals surface area contributed by atoms with E-state index in [1.54, 1.807) is 30.1 Å². The minimum atomic E-state index is -4.95. The molecule has 0 bridgehead atoms. The molecule has 1 aliphatic rings. The van der Waals surface area contributed by atoms with Crippen LogP contribution in [-0.2, 0) is 43.2 Å². The minimum Gasteiger partial charge on any atom is -0.492 e. The average Bonchev–Trinajstić information content (AvgIpc) is 3.57. The molecule has 4 N–H and O–H groups in total. The average molecular weight is 869 g/mol. The maximum atomic E-state index is 15.1. The van der Waals surface area contributed by atoms with Gasteiger partial charge < -0.3 is 20.0 Å².